The Morgan fingerprint density at radius 2 is 1.67 bits per heavy atom. The number of nitrogens with zero attached hydrogens (tertiary/aromatic N) is 4. The van der Waals surface area contributed by atoms with Crippen LogP contribution < -0.4 is 4.90 Å². The summed E-state index contributed by atoms with van der Waals surface area (Å²) >= 11 is 0. The van der Waals surface area contributed by atoms with Crippen LogP contribution in [0.4, 0.5) is 5.69 Å². The number of anilines is 1. The van der Waals surface area contributed by atoms with Gasteiger partial charge in [-0.1, -0.05) is 12.1 Å². The van der Waals surface area contributed by atoms with Crippen LogP contribution >= 0.6 is 0 Å². The lowest BCUT2D eigenvalue weighted by molar-refractivity contribution is 0.133. The van der Waals surface area contributed by atoms with E-state index in [-0.39, 0.29) is 6.04 Å². The maximum Gasteiger partial charge on any atom is 0.123 e. The Bertz CT molecular complexity index is 465. The molecule has 0 amide bonds. The molecule has 1 fully saturated rings. The molecule has 0 spiro atoms. The fourth-order valence-corrected chi connectivity index (χ4v) is 2.90. The van der Waals surface area contributed by atoms with Crippen LogP contribution in [0.3, 0.4) is 0 Å². The molecule has 0 aromatic heterocycles. The van der Waals surface area contributed by atoms with E-state index in [0.717, 1.165) is 44.8 Å². The molecule has 1 saturated heterocycles. The molecule has 1 aliphatic rings. The highest BCUT2D eigenvalue weighted by Gasteiger charge is 2.23. The van der Waals surface area contributed by atoms with Crippen molar-refractivity contribution in [3.8, 4) is 6.07 Å². The maximum absolute atomic E-state index is 9.55. The van der Waals surface area contributed by atoms with E-state index in [2.05, 4.69) is 65.9 Å². The first kappa shape index (κ1) is 15.8. The average molecular weight is 286 g/mol. The quantitative estimate of drug-likeness (QED) is 0.832. The van der Waals surface area contributed by atoms with E-state index in [4.69, 9.17) is 0 Å². The van der Waals surface area contributed by atoms with Gasteiger partial charge in [0.05, 0.1) is 6.07 Å². The Kier molecular flexibility index (Phi) is 5.60. The summed E-state index contributed by atoms with van der Waals surface area (Å²) in [5.41, 5.74) is 2.34. The predicted octanol–water partition coefficient (Wildman–Crippen LogP) is 2.34. The van der Waals surface area contributed by atoms with E-state index in [1.807, 2.05) is 0 Å². The van der Waals surface area contributed by atoms with Crippen molar-refractivity contribution >= 4 is 5.69 Å². The number of nitriles is 1. The summed E-state index contributed by atoms with van der Waals surface area (Å²) in [4.78, 5) is 6.92. The van der Waals surface area contributed by atoms with E-state index in [0.29, 0.717) is 0 Å². The normalized spacial score (nSPS) is 18.2. The number of hydrogen-bond donors (Lipinski definition) is 0. The van der Waals surface area contributed by atoms with Gasteiger partial charge in [0.2, 0.25) is 0 Å². The van der Waals surface area contributed by atoms with Crippen molar-refractivity contribution in [3.63, 3.8) is 0 Å². The molecule has 1 aromatic rings. The molecule has 4 nitrogen and oxygen atoms in total. The second kappa shape index (κ2) is 7.44. The second-order valence-electron chi connectivity index (χ2n) is 5.63. The highest BCUT2D eigenvalue weighted by Crippen LogP contribution is 2.24. The first-order valence-electron chi connectivity index (χ1n) is 7.86. The Hall–Kier alpha value is -1.57. The third kappa shape index (κ3) is 3.75. The molecule has 0 saturated carbocycles. The standard InChI is InChI=1S/C17H26N4/c1-4-20(5-2)16-8-6-15(7-9-16)17(14-18)21-12-10-19(3)11-13-21/h6-9,17H,4-5,10-13H2,1-3H3. The summed E-state index contributed by atoms with van der Waals surface area (Å²) < 4.78 is 0. The molecule has 0 N–H and O–H groups in total. The third-order valence-electron chi connectivity index (χ3n) is 4.36. The van der Waals surface area contributed by atoms with Crippen molar-refractivity contribution in [3.05, 3.63) is 29.8 Å². The van der Waals surface area contributed by atoms with Crippen molar-refractivity contribution in [2.75, 3.05) is 51.2 Å². The van der Waals surface area contributed by atoms with Gasteiger partial charge in [-0.2, -0.15) is 5.26 Å². The lowest BCUT2D eigenvalue weighted by Crippen LogP contribution is -2.45. The van der Waals surface area contributed by atoms with Crippen molar-refractivity contribution in [1.82, 2.24) is 9.80 Å². The minimum atomic E-state index is -0.121. The van der Waals surface area contributed by atoms with Crippen LogP contribution in [0.5, 0.6) is 0 Å². The van der Waals surface area contributed by atoms with Gasteiger partial charge in [0.1, 0.15) is 6.04 Å². The zero-order valence-corrected chi connectivity index (χ0v) is 13.4. The summed E-state index contributed by atoms with van der Waals surface area (Å²) in [6.07, 6.45) is 0. The molecule has 1 aromatic carbocycles. The number of benzene rings is 1. The number of rotatable bonds is 5. The summed E-state index contributed by atoms with van der Waals surface area (Å²) in [6, 6.07) is 10.9. The van der Waals surface area contributed by atoms with Gasteiger partial charge in [0, 0.05) is 45.0 Å². The third-order valence-corrected chi connectivity index (χ3v) is 4.36. The van der Waals surface area contributed by atoms with Crippen LogP contribution in [0.25, 0.3) is 0 Å². The van der Waals surface area contributed by atoms with Crippen molar-refractivity contribution < 1.29 is 0 Å². The lowest BCUT2D eigenvalue weighted by atomic mass is 10.0. The van der Waals surface area contributed by atoms with E-state index < -0.39 is 0 Å². The Labute approximate surface area is 128 Å². The van der Waals surface area contributed by atoms with E-state index in [1.54, 1.807) is 0 Å². The van der Waals surface area contributed by atoms with Gasteiger partial charge < -0.3 is 9.80 Å². The molecule has 1 heterocycles. The molecule has 1 unspecified atom stereocenters. The Balaban J connectivity index is 2.10. The fraction of sp³-hybridized carbons (Fsp3) is 0.588. The molecular formula is C17H26N4. The van der Waals surface area contributed by atoms with Gasteiger partial charge in [-0.3, -0.25) is 4.90 Å². The van der Waals surface area contributed by atoms with Crippen molar-refractivity contribution in [1.29, 1.82) is 5.26 Å². The SMILES string of the molecule is CCN(CC)c1ccc(C(C#N)N2CCN(C)CC2)cc1. The van der Waals surface area contributed by atoms with Gasteiger partial charge in [0.25, 0.3) is 0 Å². The van der Waals surface area contributed by atoms with E-state index in [1.165, 1.54) is 5.69 Å². The maximum atomic E-state index is 9.55. The molecular weight excluding hydrogens is 260 g/mol. The number of hydrogen-bond acceptors (Lipinski definition) is 4. The highest BCUT2D eigenvalue weighted by atomic mass is 15.3. The van der Waals surface area contributed by atoms with Crippen LogP contribution in [-0.4, -0.2) is 56.1 Å². The number of likely N-dealkylation sites (N-methyl/N-ethyl adjacent to an activating group) is 1. The number of piperazine rings is 1. The minimum absolute atomic E-state index is 0.121. The van der Waals surface area contributed by atoms with Gasteiger partial charge in [-0.25, -0.2) is 0 Å². The van der Waals surface area contributed by atoms with Gasteiger partial charge in [-0.15, -0.1) is 0 Å². The minimum Gasteiger partial charge on any atom is -0.372 e. The van der Waals surface area contributed by atoms with Crippen LogP contribution in [0, 0.1) is 11.3 Å². The highest BCUT2D eigenvalue weighted by molar-refractivity contribution is 5.48. The first-order chi connectivity index (χ1) is 10.2. The summed E-state index contributed by atoms with van der Waals surface area (Å²) in [7, 11) is 2.14. The van der Waals surface area contributed by atoms with Crippen molar-refractivity contribution in [2.24, 2.45) is 0 Å². The van der Waals surface area contributed by atoms with Crippen molar-refractivity contribution in [2.45, 2.75) is 19.9 Å². The molecule has 2 rings (SSSR count). The summed E-state index contributed by atoms with van der Waals surface area (Å²) in [5.74, 6) is 0. The zero-order chi connectivity index (χ0) is 15.2. The van der Waals surface area contributed by atoms with E-state index >= 15 is 0 Å². The molecule has 1 atom stereocenters. The van der Waals surface area contributed by atoms with Gasteiger partial charge >= 0.3 is 0 Å². The molecule has 114 valence electrons. The second-order valence-corrected chi connectivity index (χ2v) is 5.63. The Morgan fingerprint density at radius 1 is 1.10 bits per heavy atom. The van der Waals surface area contributed by atoms with Crippen LogP contribution in [-0.2, 0) is 0 Å². The topological polar surface area (TPSA) is 33.5 Å². The Morgan fingerprint density at radius 3 is 2.14 bits per heavy atom. The molecule has 21 heavy (non-hydrogen) atoms. The monoisotopic (exact) mass is 286 g/mol. The molecule has 4 heteroatoms. The van der Waals surface area contributed by atoms with Crippen LogP contribution in [0.15, 0.2) is 24.3 Å². The fourth-order valence-electron chi connectivity index (χ4n) is 2.90. The summed E-state index contributed by atoms with van der Waals surface area (Å²) in [6.45, 7) is 10.4. The largest absolute Gasteiger partial charge is 0.372 e. The molecule has 0 aliphatic carbocycles. The first-order valence-corrected chi connectivity index (χ1v) is 7.86. The average Bonchev–Trinajstić information content (AvgIpc) is 2.52. The van der Waals surface area contributed by atoms with Gasteiger partial charge in [0.15, 0.2) is 0 Å². The van der Waals surface area contributed by atoms with Crippen LogP contribution in [0.2, 0.25) is 0 Å². The summed E-state index contributed by atoms with van der Waals surface area (Å²) in [5, 5.41) is 9.55. The molecule has 0 bridgehead atoms. The van der Waals surface area contributed by atoms with Gasteiger partial charge in [-0.05, 0) is 38.6 Å². The zero-order valence-electron chi connectivity index (χ0n) is 13.4. The lowest BCUT2D eigenvalue weighted by Gasteiger charge is -2.35. The molecule has 1 aliphatic heterocycles. The smallest absolute Gasteiger partial charge is 0.123 e. The van der Waals surface area contributed by atoms with Crippen LogP contribution in [0.1, 0.15) is 25.5 Å². The molecule has 0 radical (unpaired) electrons. The predicted molar refractivity (Wildman–Crippen MR) is 87.4 cm³/mol. The van der Waals surface area contributed by atoms with E-state index in [9.17, 15) is 5.26 Å².